The Balaban J connectivity index is 1.41. The van der Waals surface area contributed by atoms with Crippen LogP contribution in [-0.2, 0) is 0 Å². The zero-order chi connectivity index (χ0) is 19.7. The number of hydrogen-bond donors (Lipinski definition) is 1. The molecule has 1 heterocycles. The van der Waals surface area contributed by atoms with Crippen LogP contribution in [0.3, 0.4) is 0 Å². The van der Waals surface area contributed by atoms with Crippen LogP contribution in [0.25, 0.3) is 0 Å². The van der Waals surface area contributed by atoms with Gasteiger partial charge in [-0.2, -0.15) is 0 Å². The van der Waals surface area contributed by atoms with Crippen LogP contribution in [0.15, 0.2) is 48.5 Å². The summed E-state index contributed by atoms with van der Waals surface area (Å²) in [6, 6.07) is 14.8. The van der Waals surface area contributed by atoms with Gasteiger partial charge in [-0.25, -0.2) is 0 Å². The number of nitrogens with zero attached hydrogens (tertiary/aromatic N) is 1. The second-order valence-electron chi connectivity index (χ2n) is 7.36. The normalized spacial score (nSPS) is 22.8. The monoisotopic (exact) mass is 380 g/mol. The number of carbonyl (C=O) groups is 2. The summed E-state index contributed by atoms with van der Waals surface area (Å²) in [5.41, 5.74) is 1.26. The van der Waals surface area contributed by atoms with Crippen LogP contribution in [0.5, 0.6) is 11.5 Å². The first kappa shape index (κ1) is 18.3. The van der Waals surface area contributed by atoms with E-state index in [-0.39, 0.29) is 23.9 Å². The minimum atomic E-state index is -0.0454. The maximum Gasteiger partial charge on any atom is 0.254 e. The van der Waals surface area contributed by atoms with Crippen molar-refractivity contribution in [3.63, 3.8) is 0 Å². The van der Waals surface area contributed by atoms with Gasteiger partial charge in [0.25, 0.3) is 11.8 Å². The van der Waals surface area contributed by atoms with E-state index in [1.807, 2.05) is 35.2 Å². The average Bonchev–Trinajstić information content (AvgIpc) is 3.33. The van der Waals surface area contributed by atoms with Gasteiger partial charge in [0.1, 0.15) is 0 Å². The zero-order valence-electron chi connectivity index (χ0n) is 16.1. The molecule has 1 aliphatic carbocycles. The van der Waals surface area contributed by atoms with Gasteiger partial charge in [0.05, 0.1) is 14.2 Å². The molecule has 2 amide bonds. The van der Waals surface area contributed by atoms with Crippen molar-refractivity contribution in [2.75, 3.05) is 20.8 Å². The van der Waals surface area contributed by atoms with Crippen molar-refractivity contribution in [2.45, 2.75) is 24.9 Å². The van der Waals surface area contributed by atoms with Crippen LogP contribution in [-0.4, -0.2) is 49.6 Å². The number of fused-ring (bicyclic) bond motifs is 2. The minimum absolute atomic E-state index is 0.00119. The first-order valence-electron chi connectivity index (χ1n) is 9.49. The van der Waals surface area contributed by atoms with Crippen LogP contribution in [0, 0.1) is 5.92 Å². The van der Waals surface area contributed by atoms with Crippen LogP contribution in [0.4, 0.5) is 0 Å². The van der Waals surface area contributed by atoms with Gasteiger partial charge in [-0.15, -0.1) is 0 Å². The average molecular weight is 380 g/mol. The largest absolute Gasteiger partial charge is 0.493 e. The van der Waals surface area contributed by atoms with Gasteiger partial charge in [-0.3, -0.25) is 9.59 Å². The van der Waals surface area contributed by atoms with Gasteiger partial charge in [0.2, 0.25) is 0 Å². The van der Waals surface area contributed by atoms with E-state index in [2.05, 4.69) is 5.32 Å². The lowest BCUT2D eigenvalue weighted by Crippen LogP contribution is -2.47. The van der Waals surface area contributed by atoms with Crippen LogP contribution >= 0.6 is 0 Å². The van der Waals surface area contributed by atoms with Crippen molar-refractivity contribution in [2.24, 2.45) is 5.92 Å². The van der Waals surface area contributed by atoms with Gasteiger partial charge in [-0.05, 0) is 49.1 Å². The number of benzene rings is 2. The van der Waals surface area contributed by atoms with Crippen molar-refractivity contribution in [3.8, 4) is 11.5 Å². The molecular weight excluding hydrogens is 356 g/mol. The van der Waals surface area contributed by atoms with E-state index in [0.717, 1.165) is 12.8 Å². The molecule has 4 rings (SSSR count). The molecular formula is C22H24N2O4. The van der Waals surface area contributed by atoms with Crippen LogP contribution in [0.2, 0.25) is 0 Å². The number of rotatable bonds is 5. The van der Waals surface area contributed by atoms with E-state index in [4.69, 9.17) is 9.47 Å². The number of amides is 2. The van der Waals surface area contributed by atoms with Crippen molar-refractivity contribution >= 4 is 11.8 Å². The molecule has 6 nitrogen and oxygen atoms in total. The molecule has 28 heavy (non-hydrogen) atoms. The summed E-state index contributed by atoms with van der Waals surface area (Å²) >= 11 is 0. The SMILES string of the molecule is COc1ccc(C(=O)N2CC3CC2CC3NC(=O)c2ccccc2)cc1OC. The molecule has 1 saturated heterocycles. The standard InChI is InChI=1S/C22H24N2O4/c1-27-19-9-8-15(11-20(19)28-2)22(26)24-13-16-10-17(24)12-18(16)23-21(25)14-6-4-3-5-7-14/h3-9,11,16-18H,10,12-13H2,1-2H3,(H,23,25). The number of nitrogens with one attached hydrogen (secondary N) is 1. The fourth-order valence-electron chi connectivity index (χ4n) is 4.36. The second kappa shape index (κ2) is 7.54. The number of methoxy groups -OCH3 is 2. The summed E-state index contributed by atoms with van der Waals surface area (Å²) in [6.07, 6.45) is 1.72. The van der Waals surface area contributed by atoms with E-state index in [1.54, 1.807) is 32.4 Å². The molecule has 6 heteroatoms. The molecule has 2 aromatic rings. The highest BCUT2D eigenvalue weighted by Gasteiger charge is 2.47. The van der Waals surface area contributed by atoms with Gasteiger partial charge in [0, 0.05) is 29.8 Å². The van der Waals surface area contributed by atoms with Gasteiger partial charge in [0.15, 0.2) is 11.5 Å². The van der Waals surface area contributed by atoms with Crippen molar-refractivity contribution in [3.05, 3.63) is 59.7 Å². The van der Waals surface area contributed by atoms with E-state index in [9.17, 15) is 9.59 Å². The maximum atomic E-state index is 13.0. The second-order valence-corrected chi connectivity index (χ2v) is 7.36. The first-order valence-corrected chi connectivity index (χ1v) is 9.49. The fraction of sp³-hybridized carbons (Fsp3) is 0.364. The number of piperidine rings is 1. The zero-order valence-corrected chi connectivity index (χ0v) is 16.1. The molecule has 2 fully saturated rings. The summed E-state index contributed by atoms with van der Waals surface area (Å²) in [4.78, 5) is 27.4. The lowest BCUT2D eigenvalue weighted by molar-refractivity contribution is 0.0679. The van der Waals surface area contributed by atoms with Crippen LogP contribution < -0.4 is 14.8 Å². The van der Waals surface area contributed by atoms with Gasteiger partial charge >= 0.3 is 0 Å². The number of likely N-dealkylation sites (tertiary alicyclic amines) is 1. The Morgan fingerprint density at radius 3 is 2.36 bits per heavy atom. The Hall–Kier alpha value is -3.02. The van der Waals surface area contributed by atoms with Crippen molar-refractivity contribution < 1.29 is 19.1 Å². The maximum absolute atomic E-state index is 13.0. The summed E-state index contributed by atoms with van der Waals surface area (Å²) in [7, 11) is 3.13. The molecule has 0 spiro atoms. The third kappa shape index (κ3) is 3.30. The molecule has 1 saturated carbocycles. The summed E-state index contributed by atoms with van der Waals surface area (Å²) in [5.74, 6) is 1.40. The Labute approximate surface area is 164 Å². The van der Waals surface area contributed by atoms with E-state index < -0.39 is 0 Å². The molecule has 1 N–H and O–H groups in total. The molecule has 2 aliphatic rings. The number of hydrogen-bond acceptors (Lipinski definition) is 4. The summed E-state index contributed by atoms with van der Waals surface area (Å²) in [6.45, 7) is 0.664. The van der Waals surface area contributed by atoms with Crippen molar-refractivity contribution in [1.29, 1.82) is 0 Å². The fourth-order valence-corrected chi connectivity index (χ4v) is 4.36. The smallest absolute Gasteiger partial charge is 0.254 e. The lowest BCUT2D eigenvalue weighted by Gasteiger charge is -2.32. The Morgan fingerprint density at radius 2 is 1.71 bits per heavy atom. The van der Waals surface area contributed by atoms with Gasteiger partial charge < -0.3 is 19.7 Å². The number of carbonyl (C=O) groups excluding carboxylic acids is 2. The van der Waals surface area contributed by atoms with Gasteiger partial charge in [-0.1, -0.05) is 18.2 Å². The highest BCUT2D eigenvalue weighted by molar-refractivity contribution is 5.96. The highest BCUT2D eigenvalue weighted by atomic mass is 16.5. The lowest BCUT2D eigenvalue weighted by atomic mass is 10.0. The van der Waals surface area contributed by atoms with E-state index in [1.165, 1.54) is 0 Å². The molecule has 3 unspecified atom stereocenters. The third-order valence-corrected chi connectivity index (χ3v) is 5.79. The predicted octanol–water partition coefficient (Wildman–Crippen LogP) is 2.74. The Kier molecular flexibility index (Phi) is 4.94. The molecule has 2 aromatic carbocycles. The molecule has 0 radical (unpaired) electrons. The predicted molar refractivity (Wildman–Crippen MR) is 105 cm³/mol. The molecule has 1 aliphatic heterocycles. The first-order chi connectivity index (χ1) is 13.6. The highest BCUT2D eigenvalue weighted by Crippen LogP contribution is 2.39. The van der Waals surface area contributed by atoms with E-state index >= 15 is 0 Å². The minimum Gasteiger partial charge on any atom is -0.493 e. The molecule has 2 bridgehead atoms. The van der Waals surface area contributed by atoms with E-state index in [0.29, 0.717) is 35.1 Å². The Bertz CT molecular complexity index is 883. The Morgan fingerprint density at radius 1 is 0.964 bits per heavy atom. The molecule has 0 aromatic heterocycles. The summed E-state index contributed by atoms with van der Waals surface area (Å²) < 4.78 is 10.6. The molecule has 146 valence electrons. The van der Waals surface area contributed by atoms with Crippen molar-refractivity contribution in [1.82, 2.24) is 10.2 Å². The molecule has 3 atom stereocenters. The van der Waals surface area contributed by atoms with Crippen LogP contribution in [0.1, 0.15) is 33.6 Å². The summed E-state index contributed by atoms with van der Waals surface area (Å²) in [5, 5.41) is 3.15. The number of ether oxygens (including phenoxy) is 2. The third-order valence-electron chi connectivity index (χ3n) is 5.79. The quantitative estimate of drug-likeness (QED) is 0.866. The topological polar surface area (TPSA) is 67.9 Å².